The van der Waals surface area contributed by atoms with Crippen molar-refractivity contribution in [1.29, 1.82) is 0 Å². The lowest BCUT2D eigenvalue weighted by molar-refractivity contribution is -0.0368. The van der Waals surface area contributed by atoms with Crippen molar-refractivity contribution in [1.82, 2.24) is 5.32 Å². The van der Waals surface area contributed by atoms with Crippen molar-refractivity contribution in [2.45, 2.75) is 32.3 Å². The number of piperidine rings is 1. The zero-order chi connectivity index (χ0) is 14.8. The number of phenols is 1. The van der Waals surface area contributed by atoms with Crippen molar-refractivity contribution < 1.29 is 14.6 Å². The maximum Gasteiger partial charge on any atom is 0.340 e. The number of halogens is 1. The third-order valence-corrected chi connectivity index (χ3v) is 4.18. The van der Waals surface area contributed by atoms with E-state index in [1.165, 1.54) is 18.2 Å². The molecule has 0 radical (unpaired) electrons. The van der Waals surface area contributed by atoms with Crippen LogP contribution in [0.3, 0.4) is 0 Å². The van der Waals surface area contributed by atoms with Crippen LogP contribution >= 0.6 is 11.6 Å². The molecule has 1 aliphatic rings. The molecule has 1 aromatic rings. The van der Waals surface area contributed by atoms with Crippen LogP contribution in [0, 0.1) is 5.92 Å². The van der Waals surface area contributed by atoms with Gasteiger partial charge in [0.05, 0.1) is 10.6 Å². The van der Waals surface area contributed by atoms with Crippen molar-refractivity contribution in [2.75, 3.05) is 13.1 Å². The molecule has 0 spiro atoms. The van der Waals surface area contributed by atoms with E-state index >= 15 is 0 Å². The molecule has 0 bridgehead atoms. The summed E-state index contributed by atoms with van der Waals surface area (Å²) >= 11 is 5.98. The van der Waals surface area contributed by atoms with Gasteiger partial charge in [-0.25, -0.2) is 4.79 Å². The highest BCUT2D eigenvalue weighted by atomic mass is 35.5. The molecule has 2 N–H and O–H groups in total. The summed E-state index contributed by atoms with van der Waals surface area (Å²) in [5, 5.41) is 13.0. The molecule has 2 rings (SSSR count). The van der Waals surface area contributed by atoms with E-state index in [2.05, 4.69) is 5.32 Å². The number of rotatable bonds is 3. The molecule has 4 nitrogen and oxygen atoms in total. The van der Waals surface area contributed by atoms with Gasteiger partial charge in [0.1, 0.15) is 11.4 Å². The number of hydrogen-bond acceptors (Lipinski definition) is 4. The zero-order valence-electron chi connectivity index (χ0n) is 11.8. The SMILES string of the molecule is CC(C)(OC(=O)c1cc(O)ccc1Cl)C1CCNCC1. The Bertz CT molecular complexity index is 496. The van der Waals surface area contributed by atoms with E-state index in [0.717, 1.165) is 25.9 Å². The van der Waals surface area contributed by atoms with Crippen LogP contribution < -0.4 is 5.32 Å². The van der Waals surface area contributed by atoms with Crippen LogP contribution in [-0.2, 0) is 4.74 Å². The average Bonchev–Trinajstić information content (AvgIpc) is 2.42. The molecular formula is C15H20ClNO3. The minimum atomic E-state index is -0.548. The van der Waals surface area contributed by atoms with Crippen LogP contribution in [0.25, 0.3) is 0 Å². The van der Waals surface area contributed by atoms with Crippen LogP contribution in [0.15, 0.2) is 18.2 Å². The second-order valence-corrected chi connectivity index (χ2v) is 6.09. The van der Waals surface area contributed by atoms with Gasteiger partial charge in [-0.3, -0.25) is 0 Å². The third-order valence-electron chi connectivity index (χ3n) is 3.85. The fourth-order valence-electron chi connectivity index (χ4n) is 2.56. The standard InChI is InChI=1S/C15H20ClNO3/c1-15(2,10-5-7-17-8-6-10)20-14(19)12-9-11(18)3-4-13(12)16/h3-4,9-10,17-18H,5-8H2,1-2H3. The second kappa shape index (κ2) is 6.02. The number of carbonyl (C=O) groups excluding carboxylic acids is 1. The van der Waals surface area contributed by atoms with Crippen LogP contribution in [-0.4, -0.2) is 29.8 Å². The maximum atomic E-state index is 12.2. The number of aromatic hydroxyl groups is 1. The first-order valence-corrected chi connectivity index (χ1v) is 7.20. The number of ether oxygens (including phenoxy) is 1. The van der Waals surface area contributed by atoms with Crippen LogP contribution in [0.2, 0.25) is 5.02 Å². The Balaban J connectivity index is 2.11. The van der Waals surface area contributed by atoms with Gasteiger partial charge in [0.15, 0.2) is 0 Å². The van der Waals surface area contributed by atoms with Crippen LogP contribution in [0.4, 0.5) is 0 Å². The normalized spacial score (nSPS) is 16.9. The van der Waals surface area contributed by atoms with Gasteiger partial charge in [0, 0.05) is 5.92 Å². The summed E-state index contributed by atoms with van der Waals surface area (Å²) in [6, 6.07) is 4.27. The fraction of sp³-hybridized carbons (Fsp3) is 0.533. The summed E-state index contributed by atoms with van der Waals surface area (Å²) in [6.45, 7) is 5.74. The van der Waals surface area contributed by atoms with E-state index in [1.807, 2.05) is 13.8 Å². The molecule has 0 unspecified atom stereocenters. The Labute approximate surface area is 124 Å². The summed E-state index contributed by atoms with van der Waals surface area (Å²) in [6.07, 6.45) is 1.96. The summed E-state index contributed by atoms with van der Waals surface area (Å²) in [5.41, 5.74) is -0.345. The first-order valence-electron chi connectivity index (χ1n) is 6.83. The van der Waals surface area contributed by atoms with E-state index in [0.29, 0.717) is 5.92 Å². The van der Waals surface area contributed by atoms with Gasteiger partial charge >= 0.3 is 5.97 Å². The molecule has 0 amide bonds. The van der Waals surface area contributed by atoms with E-state index in [-0.39, 0.29) is 16.3 Å². The van der Waals surface area contributed by atoms with Crippen molar-refractivity contribution in [3.63, 3.8) is 0 Å². The van der Waals surface area contributed by atoms with Gasteiger partial charge in [-0.1, -0.05) is 11.6 Å². The maximum absolute atomic E-state index is 12.2. The van der Waals surface area contributed by atoms with E-state index in [9.17, 15) is 9.90 Å². The van der Waals surface area contributed by atoms with Crippen molar-refractivity contribution in [2.24, 2.45) is 5.92 Å². The first-order chi connectivity index (χ1) is 9.40. The Hall–Kier alpha value is -1.26. The van der Waals surface area contributed by atoms with Crippen molar-refractivity contribution in [3.8, 4) is 5.75 Å². The third kappa shape index (κ3) is 3.44. The monoisotopic (exact) mass is 297 g/mol. The second-order valence-electron chi connectivity index (χ2n) is 5.68. The minimum Gasteiger partial charge on any atom is -0.508 e. The van der Waals surface area contributed by atoms with Crippen LogP contribution in [0.1, 0.15) is 37.0 Å². The van der Waals surface area contributed by atoms with Gasteiger partial charge in [0.25, 0.3) is 0 Å². The highest BCUT2D eigenvalue weighted by molar-refractivity contribution is 6.33. The summed E-state index contributed by atoms with van der Waals surface area (Å²) in [4.78, 5) is 12.2. The van der Waals surface area contributed by atoms with Gasteiger partial charge < -0.3 is 15.2 Å². The number of benzene rings is 1. The lowest BCUT2D eigenvalue weighted by Crippen LogP contribution is -2.42. The number of carbonyl (C=O) groups is 1. The first kappa shape index (κ1) is 15.1. The van der Waals surface area contributed by atoms with Crippen molar-refractivity contribution >= 4 is 17.6 Å². The van der Waals surface area contributed by atoms with Gasteiger partial charge in [-0.05, 0) is 58.0 Å². The molecular weight excluding hydrogens is 278 g/mol. The molecule has 110 valence electrons. The number of hydrogen-bond donors (Lipinski definition) is 2. The number of esters is 1. The summed E-state index contributed by atoms with van der Waals surface area (Å²) in [5.74, 6) is -0.167. The molecule has 0 saturated carbocycles. The van der Waals surface area contributed by atoms with Gasteiger partial charge in [-0.15, -0.1) is 0 Å². The summed E-state index contributed by atoms with van der Waals surface area (Å²) < 4.78 is 5.64. The minimum absolute atomic E-state index is 0.000947. The van der Waals surface area contributed by atoms with Crippen molar-refractivity contribution in [3.05, 3.63) is 28.8 Å². The molecule has 1 saturated heterocycles. The van der Waals surface area contributed by atoms with E-state index in [4.69, 9.17) is 16.3 Å². The zero-order valence-corrected chi connectivity index (χ0v) is 12.5. The lowest BCUT2D eigenvalue weighted by Gasteiger charge is -2.36. The van der Waals surface area contributed by atoms with Gasteiger partial charge in [-0.2, -0.15) is 0 Å². The molecule has 5 heteroatoms. The lowest BCUT2D eigenvalue weighted by atomic mass is 9.83. The Morgan fingerprint density at radius 3 is 2.70 bits per heavy atom. The Kier molecular flexibility index (Phi) is 4.55. The Morgan fingerprint density at radius 1 is 1.40 bits per heavy atom. The van der Waals surface area contributed by atoms with E-state index in [1.54, 1.807) is 0 Å². The molecule has 20 heavy (non-hydrogen) atoms. The molecule has 1 aliphatic heterocycles. The molecule has 1 fully saturated rings. The van der Waals surface area contributed by atoms with Crippen LogP contribution in [0.5, 0.6) is 5.75 Å². The molecule has 0 atom stereocenters. The Morgan fingerprint density at radius 2 is 2.05 bits per heavy atom. The molecule has 0 aromatic heterocycles. The van der Waals surface area contributed by atoms with E-state index < -0.39 is 11.6 Å². The topological polar surface area (TPSA) is 58.6 Å². The highest BCUT2D eigenvalue weighted by Crippen LogP contribution is 2.31. The quantitative estimate of drug-likeness (QED) is 0.842. The highest BCUT2D eigenvalue weighted by Gasteiger charge is 2.34. The fourth-order valence-corrected chi connectivity index (χ4v) is 2.76. The molecule has 0 aliphatic carbocycles. The molecule has 1 heterocycles. The predicted octanol–water partition coefficient (Wildman–Crippen LogP) is 2.98. The van der Waals surface area contributed by atoms with Gasteiger partial charge in [0.2, 0.25) is 0 Å². The number of phenolic OH excluding ortho intramolecular Hbond substituents is 1. The number of nitrogens with one attached hydrogen (secondary N) is 1. The molecule has 1 aromatic carbocycles. The average molecular weight is 298 g/mol. The largest absolute Gasteiger partial charge is 0.508 e. The predicted molar refractivity (Wildman–Crippen MR) is 78.2 cm³/mol. The summed E-state index contributed by atoms with van der Waals surface area (Å²) in [7, 11) is 0. The smallest absolute Gasteiger partial charge is 0.340 e.